The largest absolute Gasteiger partial charge is 0.416 e. The van der Waals surface area contributed by atoms with Crippen LogP contribution in [-0.4, -0.2) is 57.8 Å². The van der Waals surface area contributed by atoms with Gasteiger partial charge in [0.2, 0.25) is 0 Å². The highest BCUT2D eigenvalue weighted by Crippen LogP contribution is 2.35. The molecule has 0 saturated carbocycles. The predicted octanol–water partition coefficient (Wildman–Crippen LogP) is 3.97. The summed E-state index contributed by atoms with van der Waals surface area (Å²) in [5, 5.41) is 3.05. The minimum atomic E-state index is -4.41. The van der Waals surface area contributed by atoms with E-state index in [1.54, 1.807) is 19.2 Å². The summed E-state index contributed by atoms with van der Waals surface area (Å²) in [5.74, 6) is 0.592. The molecule has 1 saturated heterocycles. The molecule has 160 valence electrons. The smallest absolute Gasteiger partial charge is 0.378 e. The number of hydrogen-bond acceptors (Lipinski definition) is 3. The van der Waals surface area contributed by atoms with E-state index in [4.69, 9.17) is 4.74 Å². The van der Waals surface area contributed by atoms with Gasteiger partial charge in [-0.3, -0.25) is 4.99 Å². The molecule has 0 amide bonds. The number of anilines is 1. The van der Waals surface area contributed by atoms with Crippen molar-refractivity contribution in [3.8, 4) is 0 Å². The van der Waals surface area contributed by atoms with Crippen molar-refractivity contribution < 1.29 is 17.9 Å². The fraction of sp³-hybridized carbons (Fsp3) is 0.632. The molecule has 1 aliphatic rings. The second kappa shape index (κ2) is 11.7. The van der Waals surface area contributed by atoms with Gasteiger partial charge < -0.3 is 19.9 Å². The third kappa shape index (κ3) is 6.98. The van der Waals surface area contributed by atoms with Gasteiger partial charge in [0.25, 0.3) is 0 Å². The first-order valence-corrected chi connectivity index (χ1v) is 9.31. The lowest BCUT2D eigenvalue weighted by atomic mass is 10.0. The first-order chi connectivity index (χ1) is 12.9. The maximum absolute atomic E-state index is 13.6. The van der Waals surface area contributed by atoms with Crippen LogP contribution in [0.5, 0.6) is 0 Å². The number of unbranched alkanes of at least 4 members (excludes halogenated alkanes) is 1. The molecule has 0 radical (unpaired) electrons. The van der Waals surface area contributed by atoms with Crippen molar-refractivity contribution in [2.45, 2.75) is 32.5 Å². The maximum Gasteiger partial charge on any atom is 0.416 e. The molecule has 1 heterocycles. The molecular weight excluding hydrogens is 484 g/mol. The zero-order chi connectivity index (χ0) is 19.9. The summed E-state index contributed by atoms with van der Waals surface area (Å²) < 4.78 is 46.1. The van der Waals surface area contributed by atoms with Crippen molar-refractivity contribution in [3.63, 3.8) is 0 Å². The Morgan fingerprint density at radius 2 is 1.96 bits per heavy atom. The third-order valence-corrected chi connectivity index (χ3v) is 4.63. The van der Waals surface area contributed by atoms with E-state index in [1.165, 1.54) is 6.07 Å². The highest BCUT2D eigenvalue weighted by Gasteiger charge is 2.34. The Hall–Kier alpha value is -1.23. The van der Waals surface area contributed by atoms with Crippen molar-refractivity contribution in [2.24, 2.45) is 4.99 Å². The Balaban J connectivity index is 0.00000392. The predicted molar refractivity (Wildman–Crippen MR) is 118 cm³/mol. The van der Waals surface area contributed by atoms with Gasteiger partial charge in [-0.2, -0.15) is 13.2 Å². The highest BCUT2D eigenvalue weighted by molar-refractivity contribution is 14.0. The quantitative estimate of drug-likeness (QED) is 0.355. The maximum atomic E-state index is 13.6. The molecule has 2 rings (SSSR count). The molecular formula is C19H30F3IN4O. The normalized spacial score (nSPS) is 15.2. The molecule has 0 unspecified atom stereocenters. The van der Waals surface area contributed by atoms with Crippen LogP contribution in [0.4, 0.5) is 18.9 Å². The van der Waals surface area contributed by atoms with Crippen molar-refractivity contribution in [3.05, 3.63) is 29.3 Å². The Bertz CT molecular complexity index is 634. The average Bonchev–Trinajstić information content (AvgIpc) is 2.66. The van der Waals surface area contributed by atoms with Crippen LogP contribution in [0.3, 0.4) is 0 Å². The van der Waals surface area contributed by atoms with Gasteiger partial charge in [0.15, 0.2) is 5.96 Å². The Morgan fingerprint density at radius 3 is 2.54 bits per heavy atom. The van der Waals surface area contributed by atoms with Gasteiger partial charge in [0.1, 0.15) is 0 Å². The lowest BCUT2D eigenvalue weighted by molar-refractivity contribution is -0.138. The molecule has 0 bridgehead atoms. The molecule has 1 aliphatic heterocycles. The average molecular weight is 514 g/mol. The van der Waals surface area contributed by atoms with Gasteiger partial charge in [0.05, 0.1) is 18.8 Å². The Labute approximate surface area is 182 Å². The van der Waals surface area contributed by atoms with Gasteiger partial charge in [-0.1, -0.05) is 19.4 Å². The molecule has 0 aliphatic carbocycles. The summed E-state index contributed by atoms with van der Waals surface area (Å²) in [7, 11) is 3.52. The van der Waals surface area contributed by atoms with E-state index in [0.717, 1.165) is 19.4 Å². The van der Waals surface area contributed by atoms with E-state index in [-0.39, 0.29) is 36.1 Å². The number of guanidine groups is 1. The zero-order valence-electron chi connectivity index (χ0n) is 16.7. The number of nitrogens with one attached hydrogen (secondary N) is 1. The van der Waals surface area contributed by atoms with Gasteiger partial charge in [-0.25, -0.2) is 0 Å². The number of aliphatic imine (C=N–C) groups is 1. The number of halogens is 4. The minimum Gasteiger partial charge on any atom is -0.378 e. The molecule has 0 atom stereocenters. The van der Waals surface area contributed by atoms with Crippen LogP contribution in [0.2, 0.25) is 0 Å². The van der Waals surface area contributed by atoms with E-state index in [0.29, 0.717) is 38.0 Å². The van der Waals surface area contributed by atoms with Crippen LogP contribution in [0.15, 0.2) is 23.2 Å². The summed E-state index contributed by atoms with van der Waals surface area (Å²) in [6.07, 6.45) is -2.36. The standard InChI is InChI=1S/C19H29F3N4O.HI/c1-4-5-8-25(3)18(23-2)24-14-15-6-7-16(13-17(15)19(20,21)22)26-9-11-27-12-10-26;/h6-7,13H,4-5,8-12,14H2,1-3H3,(H,23,24);1H. The number of ether oxygens (including phenoxy) is 1. The first kappa shape index (κ1) is 24.8. The second-order valence-electron chi connectivity index (χ2n) is 6.61. The fourth-order valence-electron chi connectivity index (χ4n) is 3.06. The summed E-state index contributed by atoms with van der Waals surface area (Å²) >= 11 is 0. The van der Waals surface area contributed by atoms with Gasteiger partial charge in [0, 0.05) is 46.0 Å². The SMILES string of the molecule is CCCCN(C)C(=NC)NCc1ccc(N2CCOCC2)cc1C(F)(F)F.I. The van der Waals surface area contributed by atoms with Crippen LogP contribution in [0.25, 0.3) is 0 Å². The van der Waals surface area contributed by atoms with Crippen LogP contribution in [-0.2, 0) is 17.5 Å². The van der Waals surface area contributed by atoms with Crippen molar-refractivity contribution >= 4 is 35.6 Å². The lowest BCUT2D eigenvalue weighted by Crippen LogP contribution is -2.39. The molecule has 1 N–H and O–H groups in total. The van der Waals surface area contributed by atoms with Crippen LogP contribution in [0, 0.1) is 0 Å². The Morgan fingerprint density at radius 1 is 1.29 bits per heavy atom. The number of rotatable bonds is 6. The van der Waals surface area contributed by atoms with Crippen LogP contribution < -0.4 is 10.2 Å². The fourth-order valence-corrected chi connectivity index (χ4v) is 3.06. The summed E-state index contributed by atoms with van der Waals surface area (Å²) in [6.45, 7) is 5.24. The van der Waals surface area contributed by atoms with Crippen molar-refractivity contribution in [2.75, 3.05) is 51.8 Å². The van der Waals surface area contributed by atoms with Gasteiger partial charge in [-0.05, 0) is 24.1 Å². The number of hydrogen-bond donors (Lipinski definition) is 1. The van der Waals surface area contributed by atoms with Crippen LogP contribution >= 0.6 is 24.0 Å². The number of nitrogens with zero attached hydrogens (tertiary/aromatic N) is 3. The topological polar surface area (TPSA) is 40.1 Å². The highest BCUT2D eigenvalue weighted by atomic mass is 127. The van der Waals surface area contributed by atoms with E-state index >= 15 is 0 Å². The molecule has 28 heavy (non-hydrogen) atoms. The van der Waals surface area contributed by atoms with E-state index in [1.807, 2.05) is 16.8 Å². The van der Waals surface area contributed by atoms with E-state index in [2.05, 4.69) is 17.2 Å². The van der Waals surface area contributed by atoms with Crippen molar-refractivity contribution in [1.29, 1.82) is 0 Å². The lowest BCUT2D eigenvalue weighted by Gasteiger charge is -2.30. The summed E-state index contributed by atoms with van der Waals surface area (Å²) in [4.78, 5) is 8.02. The Kier molecular flexibility index (Phi) is 10.4. The molecule has 0 aromatic heterocycles. The molecule has 9 heteroatoms. The monoisotopic (exact) mass is 514 g/mol. The summed E-state index contributed by atoms with van der Waals surface area (Å²) in [5.41, 5.74) is 0.189. The third-order valence-electron chi connectivity index (χ3n) is 4.63. The number of benzene rings is 1. The molecule has 1 aromatic rings. The van der Waals surface area contributed by atoms with Gasteiger partial charge in [-0.15, -0.1) is 24.0 Å². The minimum absolute atomic E-state index is 0. The number of alkyl halides is 3. The second-order valence-corrected chi connectivity index (χ2v) is 6.61. The van der Waals surface area contributed by atoms with E-state index in [9.17, 15) is 13.2 Å². The molecule has 0 spiro atoms. The molecule has 5 nitrogen and oxygen atoms in total. The molecule has 1 fully saturated rings. The summed E-state index contributed by atoms with van der Waals surface area (Å²) in [6, 6.07) is 4.55. The van der Waals surface area contributed by atoms with Crippen LogP contribution in [0.1, 0.15) is 30.9 Å². The van der Waals surface area contributed by atoms with Crippen molar-refractivity contribution in [1.82, 2.24) is 10.2 Å². The van der Waals surface area contributed by atoms with Gasteiger partial charge >= 0.3 is 6.18 Å². The first-order valence-electron chi connectivity index (χ1n) is 9.31. The molecule has 1 aromatic carbocycles. The van der Waals surface area contributed by atoms with E-state index < -0.39 is 11.7 Å². The number of morpholine rings is 1. The zero-order valence-corrected chi connectivity index (χ0v) is 19.0.